The second kappa shape index (κ2) is 4.26. The quantitative estimate of drug-likeness (QED) is 0.654. The second-order valence-corrected chi connectivity index (χ2v) is 5.98. The maximum Gasteiger partial charge on any atom is 0.116 e. The Balaban J connectivity index is 2.06. The predicted molar refractivity (Wildman–Crippen MR) is 85.0 cm³/mol. The van der Waals surface area contributed by atoms with Crippen molar-refractivity contribution < 1.29 is 0 Å². The average Bonchev–Trinajstić information content (AvgIpc) is 2.77. The van der Waals surface area contributed by atoms with Crippen LogP contribution in [0.15, 0.2) is 60.9 Å². The van der Waals surface area contributed by atoms with Gasteiger partial charge in [-0.05, 0) is 5.56 Å². The zero-order valence-corrected chi connectivity index (χ0v) is 12.2. The van der Waals surface area contributed by atoms with E-state index in [9.17, 15) is 0 Å². The lowest BCUT2D eigenvalue weighted by molar-refractivity contribution is 0.657. The molecule has 0 bridgehead atoms. The van der Waals surface area contributed by atoms with Gasteiger partial charge in [0.25, 0.3) is 0 Å². The molecular formula is C19H16N2. The first kappa shape index (κ1) is 12.3. The summed E-state index contributed by atoms with van der Waals surface area (Å²) in [7, 11) is 0. The van der Waals surface area contributed by atoms with Crippen LogP contribution in [0.25, 0.3) is 22.5 Å². The molecule has 0 spiro atoms. The molecule has 21 heavy (non-hydrogen) atoms. The highest BCUT2D eigenvalue weighted by atomic mass is 14.9. The molecule has 0 fully saturated rings. The van der Waals surface area contributed by atoms with E-state index in [1.54, 1.807) is 6.33 Å². The molecule has 2 aromatic carbocycles. The van der Waals surface area contributed by atoms with Gasteiger partial charge < -0.3 is 0 Å². The Labute approximate surface area is 124 Å². The molecule has 1 aliphatic carbocycles. The third-order valence-corrected chi connectivity index (χ3v) is 4.38. The highest BCUT2D eigenvalue weighted by Crippen LogP contribution is 2.50. The van der Waals surface area contributed by atoms with Crippen LogP contribution in [0.4, 0.5) is 0 Å². The first-order valence-electron chi connectivity index (χ1n) is 7.20. The molecule has 2 heteroatoms. The van der Waals surface area contributed by atoms with Crippen molar-refractivity contribution in [1.82, 2.24) is 9.97 Å². The lowest BCUT2D eigenvalue weighted by atomic mass is 9.81. The van der Waals surface area contributed by atoms with Gasteiger partial charge in [-0.25, -0.2) is 9.97 Å². The van der Waals surface area contributed by atoms with Gasteiger partial charge in [0.2, 0.25) is 0 Å². The Morgan fingerprint density at radius 1 is 0.762 bits per heavy atom. The van der Waals surface area contributed by atoms with Crippen molar-refractivity contribution in [3.63, 3.8) is 0 Å². The van der Waals surface area contributed by atoms with Gasteiger partial charge in [0.15, 0.2) is 0 Å². The van der Waals surface area contributed by atoms with Crippen molar-refractivity contribution in [1.29, 1.82) is 0 Å². The van der Waals surface area contributed by atoms with E-state index in [0.717, 1.165) is 17.0 Å². The minimum absolute atomic E-state index is 0.0711. The van der Waals surface area contributed by atoms with Gasteiger partial charge in [-0.1, -0.05) is 68.4 Å². The number of benzene rings is 2. The molecule has 0 atom stereocenters. The van der Waals surface area contributed by atoms with Crippen LogP contribution < -0.4 is 0 Å². The van der Waals surface area contributed by atoms with E-state index in [1.165, 1.54) is 16.7 Å². The van der Waals surface area contributed by atoms with Crippen molar-refractivity contribution in [3.8, 4) is 22.5 Å². The maximum atomic E-state index is 4.59. The van der Waals surface area contributed by atoms with Crippen molar-refractivity contribution >= 4 is 0 Å². The molecule has 2 nitrogen and oxygen atoms in total. The van der Waals surface area contributed by atoms with Crippen LogP contribution in [0.3, 0.4) is 0 Å². The number of nitrogens with zero attached hydrogens (tertiary/aromatic N) is 2. The summed E-state index contributed by atoms with van der Waals surface area (Å²) in [6.07, 6.45) is 1.68. The zero-order valence-electron chi connectivity index (χ0n) is 12.2. The van der Waals surface area contributed by atoms with Crippen LogP contribution in [-0.4, -0.2) is 9.97 Å². The van der Waals surface area contributed by atoms with Gasteiger partial charge in [0.05, 0.1) is 11.4 Å². The molecule has 0 saturated carbocycles. The van der Waals surface area contributed by atoms with Crippen LogP contribution in [0, 0.1) is 0 Å². The molecule has 0 saturated heterocycles. The third kappa shape index (κ3) is 1.65. The van der Waals surface area contributed by atoms with Crippen molar-refractivity contribution in [2.75, 3.05) is 0 Å². The maximum absolute atomic E-state index is 4.59. The van der Waals surface area contributed by atoms with Crippen molar-refractivity contribution in [2.45, 2.75) is 19.3 Å². The Hall–Kier alpha value is -2.48. The Morgan fingerprint density at radius 2 is 1.43 bits per heavy atom. The lowest BCUT2D eigenvalue weighted by Crippen LogP contribution is -2.17. The lowest BCUT2D eigenvalue weighted by Gasteiger charge is -2.23. The van der Waals surface area contributed by atoms with Gasteiger partial charge in [-0.15, -0.1) is 0 Å². The van der Waals surface area contributed by atoms with E-state index in [-0.39, 0.29) is 5.41 Å². The number of aromatic nitrogens is 2. The summed E-state index contributed by atoms with van der Waals surface area (Å²) in [5.74, 6) is 0. The van der Waals surface area contributed by atoms with Gasteiger partial charge in [-0.3, -0.25) is 0 Å². The van der Waals surface area contributed by atoms with Gasteiger partial charge >= 0.3 is 0 Å². The SMILES string of the molecule is CC1(C)c2ccccc2-c2ncnc(-c3ccccc3)c21. The van der Waals surface area contributed by atoms with E-state index >= 15 is 0 Å². The number of hydrogen-bond acceptors (Lipinski definition) is 2. The summed E-state index contributed by atoms with van der Waals surface area (Å²) in [5, 5.41) is 0. The molecule has 0 N–H and O–H groups in total. The highest BCUT2D eigenvalue weighted by molar-refractivity contribution is 5.83. The fourth-order valence-corrected chi connectivity index (χ4v) is 3.37. The summed E-state index contributed by atoms with van der Waals surface area (Å²) >= 11 is 0. The van der Waals surface area contributed by atoms with E-state index < -0.39 is 0 Å². The summed E-state index contributed by atoms with van der Waals surface area (Å²) in [6, 6.07) is 18.9. The molecule has 0 radical (unpaired) electrons. The monoisotopic (exact) mass is 272 g/mol. The fraction of sp³-hybridized carbons (Fsp3) is 0.158. The first-order chi connectivity index (χ1) is 10.2. The topological polar surface area (TPSA) is 25.8 Å². The average molecular weight is 272 g/mol. The Bertz CT molecular complexity index is 820. The van der Waals surface area contributed by atoms with Crippen molar-refractivity contribution in [2.24, 2.45) is 0 Å². The number of fused-ring (bicyclic) bond motifs is 3. The Morgan fingerprint density at radius 3 is 2.24 bits per heavy atom. The van der Waals surface area contributed by atoms with Crippen LogP contribution in [-0.2, 0) is 5.41 Å². The third-order valence-electron chi connectivity index (χ3n) is 4.38. The predicted octanol–water partition coefficient (Wildman–Crippen LogP) is 4.45. The summed E-state index contributed by atoms with van der Waals surface area (Å²) in [4.78, 5) is 9.16. The second-order valence-electron chi connectivity index (χ2n) is 5.98. The fourth-order valence-electron chi connectivity index (χ4n) is 3.37. The molecule has 0 unspecified atom stereocenters. The van der Waals surface area contributed by atoms with E-state index in [4.69, 9.17) is 0 Å². The van der Waals surface area contributed by atoms with Gasteiger partial charge in [-0.2, -0.15) is 0 Å². The molecular weight excluding hydrogens is 256 g/mol. The zero-order chi connectivity index (χ0) is 14.4. The van der Waals surface area contributed by atoms with E-state index in [1.807, 2.05) is 6.07 Å². The van der Waals surface area contributed by atoms with Crippen LogP contribution in [0.1, 0.15) is 25.0 Å². The molecule has 1 aliphatic rings. The molecule has 1 heterocycles. The van der Waals surface area contributed by atoms with Crippen LogP contribution >= 0.6 is 0 Å². The smallest absolute Gasteiger partial charge is 0.116 e. The van der Waals surface area contributed by atoms with Crippen molar-refractivity contribution in [3.05, 3.63) is 72.1 Å². The molecule has 0 aliphatic heterocycles. The largest absolute Gasteiger partial charge is 0.236 e. The van der Waals surface area contributed by atoms with E-state index in [0.29, 0.717) is 0 Å². The van der Waals surface area contributed by atoms with Crippen LogP contribution in [0.5, 0.6) is 0 Å². The standard InChI is InChI=1S/C19H16N2/c1-19(2)15-11-7-6-10-14(15)18-16(19)17(20-12-21-18)13-8-4-3-5-9-13/h3-12H,1-2H3. The molecule has 1 aromatic heterocycles. The van der Waals surface area contributed by atoms with Gasteiger partial charge in [0, 0.05) is 22.1 Å². The summed E-state index contributed by atoms with van der Waals surface area (Å²) in [5.41, 5.74) is 6.99. The molecule has 0 amide bonds. The summed E-state index contributed by atoms with van der Waals surface area (Å²) in [6.45, 7) is 4.51. The van der Waals surface area contributed by atoms with Crippen LogP contribution in [0.2, 0.25) is 0 Å². The minimum atomic E-state index is -0.0711. The molecule has 102 valence electrons. The normalized spacial score (nSPS) is 14.6. The number of rotatable bonds is 1. The summed E-state index contributed by atoms with van der Waals surface area (Å²) < 4.78 is 0. The van der Waals surface area contributed by atoms with E-state index in [2.05, 4.69) is 72.3 Å². The minimum Gasteiger partial charge on any atom is -0.236 e. The molecule has 3 aromatic rings. The number of hydrogen-bond donors (Lipinski definition) is 0. The highest BCUT2D eigenvalue weighted by Gasteiger charge is 2.38. The van der Waals surface area contributed by atoms with Gasteiger partial charge in [0.1, 0.15) is 6.33 Å². The molecule has 4 rings (SSSR count). The Kier molecular flexibility index (Phi) is 2.49. The first-order valence-corrected chi connectivity index (χ1v) is 7.20.